The minimum absolute atomic E-state index is 0. The number of thiol groups is 1. The van der Waals surface area contributed by atoms with E-state index in [0.717, 1.165) is 0 Å². The zero-order chi connectivity index (χ0) is 3.58. The van der Waals surface area contributed by atoms with Crippen molar-refractivity contribution in [3.63, 3.8) is 0 Å². The molecule has 0 rings (SSSR count). The van der Waals surface area contributed by atoms with E-state index in [9.17, 15) is 0 Å². The number of hydrogen-bond acceptors (Lipinski definition) is 1. The van der Waals surface area contributed by atoms with Gasteiger partial charge in [-0.2, -0.15) is 0 Å². The van der Waals surface area contributed by atoms with Gasteiger partial charge in [0.05, 0.1) is 0 Å². The van der Waals surface area contributed by atoms with Crippen LogP contribution in [0.4, 0.5) is 0 Å². The Bertz CT molecular complexity index is 33.8. The molecule has 6 heavy (non-hydrogen) atoms. The van der Waals surface area contributed by atoms with E-state index in [1.807, 2.05) is 0 Å². The molecule has 0 aliphatic rings. The SMILES string of the molecule is NC(=S)S.[S-2].[Zn+2]. The van der Waals surface area contributed by atoms with E-state index in [1.165, 1.54) is 0 Å². The van der Waals surface area contributed by atoms with Crippen LogP contribution in [-0.2, 0) is 33.0 Å². The van der Waals surface area contributed by atoms with E-state index in [1.54, 1.807) is 0 Å². The molecule has 0 aromatic rings. The summed E-state index contributed by atoms with van der Waals surface area (Å²) in [6, 6.07) is 0. The van der Waals surface area contributed by atoms with Crippen molar-refractivity contribution in [2.45, 2.75) is 0 Å². The van der Waals surface area contributed by atoms with Crippen LogP contribution in [0.15, 0.2) is 0 Å². The van der Waals surface area contributed by atoms with E-state index in [4.69, 9.17) is 5.73 Å². The van der Waals surface area contributed by atoms with E-state index >= 15 is 0 Å². The molecule has 0 aromatic carbocycles. The summed E-state index contributed by atoms with van der Waals surface area (Å²) in [5.41, 5.74) is 4.71. The second-order valence-electron chi connectivity index (χ2n) is 0.338. The zero-order valence-corrected chi connectivity index (χ0v) is 8.54. The quantitative estimate of drug-likeness (QED) is 0.323. The maximum absolute atomic E-state index is 4.71. The van der Waals surface area contributed by atoms with Gasteiger partial charge in [-0.15, -0.1) is 12.6 Å². The van der Waals surface area contributed by atoms with Gasteiger partial charge in [0.25, 0.3) is 0 Å². The third-order valence-corrected chi connectivity index (χ3v) is 0. The van der Waals surface area contributed by atoms with Crippen molar-refractivity contribution in [3.05, 3.63) is 0 Å². The Kier molecular flexibility index (Phi) is 24.9. The third kappa shape index (κ3) is 62.9. The number of thiocarbonyl (C=S) groups is 1. The molecule has 32 valence electrons. The predicted octanol–water partition coefficient (Wildman–Crippen LogP) is 0.155. The summed E-state index contributed by atoms with van der Waals surface area (Å²) in [5, 5.41) is 0. The first-order chi connectivity index (χ1) is 1.73. The Hall–Kier alpha value is 1.21. The maximum Gasteiger partial charge on any atom is 2.00 e. The minimum Gasteiger partial charge on any atom is -2.00 e. The molecule has 5 heteroatoms. The fraction of sp³-hybridized carbons (Fsp3) is 0. The van der Waals surface area contributed by atoms with Crippen molar-refractivity contribution in [2.75, 3.05) is 0 Å². The third-order valence-electron chi connectivity index (χ3n) is 0. The molecule has 0 radical (unpaired) electrons. The molecule has 0 unspecified atom stereocenters. The Morgan fingerprint density at radius 1 is 1.67 bits per heavy atom. The summed E-state index contributed by atoms with van der Waals surface area (Å²) in [7, 11) is 0. The summed E-state index contributed by atoms with van der Waals surface area (Å²) in [6.45, 7) is 0. The van der Waals surface area contributed by atoms with Crippen LogP contribution < -0.4 is 5.73 Å². The van der Waals surface area contributed by atoms with Gasteiger partial charge in [0.1, 0.15) is 4.32 Å². The van der Waals surface area contributed by atoms with Gasteiger partial charge in [-0.05, 0) is 0 Å². The molecule has 0 heterocycles. The molecule has 0 aliphatic heterocycles. The van der Waals surface area contributed by atoms with E-state index in [0.29, 0.717) is 0 Å². The van der Waals surface area contributed by atoms with Crippen molar-refractivity contribution in [1.29, 1.82) is 0 Å². The molecular weight excluding hydrogens is 188 g/mol. The normalized spacial score (nSPS) is 4.17. The molecule has 0 saturated heterocycles. The Balaban J connectivity index is -0.0000000450. The van der Waals surface area contributed by atoms with Gasteiger partial charge in [-0.25, -0.2) is 0 Å². The molecule has 0 spiro atoms. The van der Waals surface area contributed by atoms with Crippen molar-refractivity contribution in [2.24, 2.45) is 5.73 Å². The molecule has 0 fully saturated rings. The van der Waals surface area contributed by atoms with E-state index < -0.39 is 0 Å². The van der Waals surface area contributed by atoms with Crippen molar-refractivity contribution in [3.8, 4) is 0 Å². The van der Waals surface area contributed by atoms with Gasteiger partial charge in [-0.1, -0.05) is 12.2 Å². The molecule has 0 bridgehead atoms. The molecule has 0 aliphatic carbocycles. The Morgan fingerprint density at radius 3 is 1.67 bits per heavy atom. The van der Waals surface area contributed by atoms with Crippen LogP contribution in [0, 0.1) is 0 Å². The molecular formula is CH3NS3Zn. The van der Waals surface area contributed by atoms with Gasteiger partial charge in [0.15, 0.2) is 0 Å². The molecule has 0 atom stereocenters. The van der Waals surface area contributed by atoms with Gasteiger partial charge in [0.2, 0.25) is 0 Å². The number of hydrogen-bond donors (Lipinski definition) is 2. The van der Waals surface area contributed by atoms with Crippen molar-refractivity contribution in [1.82, 2.24) is 0 Å². The largest absolute Gasteiger partial charge is 2.00 e. The first-order valence-corrected chi connectivity index (χ1v) is 1.57. The molecule has 0 saturated carbocycles. The van der Waals surface area contributed by atoms with Crippen molar-refractivity contribution >= 4 is 42.7 Å². The summed E-state index contributed by atoms with van der Waals surface area (Å²) in [5.74, 6) is 0. The standard InChI is InChI=1S/CH3NS2.S.Zn/c2-1(3)4;;/h(H3,2,3,4);;/q;-2;+2. The van der Waals surface area contributed by atoms with Crippen molar-refractivity contribution < 1.29 is 19.5 Å². The molecule has 2 N–H and O–H groups in total. The monoisotopic (exact) mass is 189 g/mol. The second kappa shape index (κ2) is 9.51. The predicted molar refractivity (Wildman–Crippen MR) is 33.1 cm³/mol. The van der Waals surface area contributed by atoms with E-state index in [-0.39, 0.29) is 37.3 Å². The molecule has 0 aromatic heterocycles. The maximum atomic E-state index is 4.71. The van der Waals surface area contributed by atoms with Crippen LogP contribution >= 0.6 is 24.8 Å². The van der Waals surface area contributed by atoms with Gasteiger partial charge >= 0.3 is 19.5 Å². The average molecular weight is 191 g/mol. The Morgan fingerprint density at radius 2 is 1.67 bits per heavy atom. The zero-order valence-electron chi connectivity index (χ0n) is 3.05. The minimum atomic E-state index is 0. The van der Waals surface area contributed by atoms with Crippen LogP contribution in [0.25, 0.3) is 0 Å². The van der Waals surface area contributed by atoms with Gasteiger partial charge in [0, 0.05) is 0 Å². The van der Waals surface area contributed by atoms with Crippen LogP contribution in [0.5, 0.6) is 0 Å². The van der Waals surface area contributed by atoms with Crippen LogP contribution in [0.2, 0.25) is 0 Å². The van der Waals surface area contributed by atoms with Gasteiger partial charge < -0.3 is 19.2 Å². The first kappa shape index (κ1) is 15.7. The smallest absolute Gasteiger partial charge is 2.00 e. The first-order valence-electron chi connectivity index (χ1n) is 0.716. The topological polar surface area (TPSA) is 26.0 Å². The summed E-state index contributed by atoms with van der Waals surface area (Å²) >= 11 is 7.65. The fourth-order valence-corrected chi connectivity index (χ4v) is 0. The fourth-order valence-electron chi connectivity index (χ4n) is 0. The average Bonchev–Trinajstić information content (AvgIpc) is 0.811. The van der Waals surface area contributed by atoms with Crippen LogP contribution in [-0.4, -0.2) is 4.32 Å². The van der Waals surface area contributed by atoms with Crippen LogP contribution in [0.1, 0.15) is 0 Å². The molecule has 1 nitrogen and oxygen atoms in total. The van der Waals surface area contributed by atoms with Gasteiger partial charge in [-0.3, -0.25) is 0 Å². The van der Waals surface area contributed by atoms with Crippen LogP contribution in [0.3, 0.4) is 0 Å². The Labute approximate surface area is 67.7 Å². The molecule has 0 amide bonds. The summed E-state index contributed by atoms with van der Waals surface area (Å²) in [4.78, 5) is 0. The van der Waals surface area contributed by atoms with E-state index in [2.05, 4.69) is 24.8 Å². The number of rotatable bonds is 0. The number of nitrogens with two attached hydrogens (primary N) is 1. The second-order valence-corrected chi connectivity index (χ2v) is 1.56. The summed E-state index contributed by atoms with van der Waals surface area (Å²) < 4.78 is 0.194. The summed E-state index contributed by atoms with van der Waals surface area (Å²) in [6.07, 6.45) is 0.